The Morgan fingerprint density at radius 1 is 1.35 bits per heavy atom. The monoisotopic (exact) mass is 352 g/mol. The van der Waals surface area contributed by atoms with Gasteiger partial charge in [-0.2, -0.15) is 18.3 Å². The van der Waals surface area contributed by atoms with Crippen LogP contribution >= 0.6 is 0 Å². The number of nitrogens with zero attached hydrogens (tertiary/aromatic N) is 3. The predicted molar refractivity (Wildman–Crippen MR) is 68.8 cm³/mol. The lowest BCUT2D eigenvalue weighted by atomic mass is 10.2. The van der Waals surface area contributed by atoms with E-state index in [0.717, 1.165) is 10.9 Å². The van der Waals surface area contributed by atoms with E-state index in [-0.39, 0.29) is 11.5 Å². The first kappa shape index (κ1) is 17.0. The number of carbonyl (C=O) groups is 1. The lowest BCUT2D eigenvalue weighted by Gasteiger charge is -2.08. The molecule has 0 aromatic carbocycles. The minimum Gasteiger partial charge on any atom is -0.360 e. The summed E-state index contributed by atoms with van der Waals surface area (Å²) in [5, 5.41) is 6.56. The number of halogens is 3. The van der Waals surface area contributed by atoms with Gasteiger partial charge in [0, 0.05) is 13.2 Å². The summed E-state index contributed by atoms with van der Waals surface area (Å²) in [7, 11) is -3.26. The quantitative estimate of drug-likeness (QED) is 0.888. The molecule has 0 saturated carbocycles. The molecule has 0 radical (unpaired) electrons. The third-order valence-electron chi connectivity index (χ3n) is 2.81. The van der Waals surface area contributed by atoms with E-state index in [9.17, 15) is 26.4 Å². The van der Waals surface area contributed by atoms with Crippen LogP contribution in [0.2, 0.25) is 0 Å². The molecule has 0 bridgehead atoms. The van der Waals surface area contributed by atoms with Crippen molar-refractivity contribution < 1.29 is 30.9 Å². The van der Waals surface area contributed by atoms with E-state index in [0.29, 0.717) is 0 Å². The Bertz CT molecular complexity index is 847. The minimum absolute atomic E-state index is 0.0231. The van der Waals surface area contributed by atoms with Gasteiger partial charge in [0.05, 0.1) is 5.56 Å². The van der Waals surface area contributed by atoms with E-state index in [4.69, 9.17) is 0 Å². The molecule has 0 atom stereocenters. The first-order valence-corrected chi connectivity index (χ1v) is 7.52. The second-order valence-electron chi connectivity index (χ2n) is 4.65. The van der Waals surface area contributed by atoms with E-state index < -0.39 is 38.3 Å². The summed E-state index contributed by atoms with van der Waals surface area (Å²) in [6.45, 7) is 2.62. The molecule has 126 valence electrons. The summed E-state index contributed by atoms with van der Waals surface area (Å²) in [5.41, 5.74) is -2.41. The molecule has 1 N–H and O–H groups in total. The summed E-state index contributed by atoms with van der Waals surface area (Å²) < 4.78 is 69.8. The zero-order chi connectivity index (χ0) is 17.6. The van der Waals surface area contributed by atoms with Crippen LogP contribution in [0.3, 0.4) is 0 Å². The normalized spacial score (nSPS) is 12.4. The van der Waals surface area contributed by atoms with Gasteiger partial charge in [-0.25, -0.2) is 13.1 Å². The molecule has 0 fully saturated rings. The Balaban J connectivity index is 2.41. The molecule has 12 heteroatoms. The molecule has 1 amide bonds. The highest BCUT2D eigenvalue weighted by Crippen LogP contribution is 2.30. The van der Waals surface area contributed by atoms with Crippen molar-refractivity contribution in [3.8, 4) is 0 Å². The van der Waals surface area contributed by atoms with Gasteiger partial charge in [0.25, 0.3) is 15.9 Å². The number of nitrogens with one attached hydrogen (secondary N) is 1. The molecule has 0 spiro atoms. The standard InChI is InChI=1S/C11H11F3N4O4S/c1-5-8(6(2)22-16-5)23(20,21)17-10(19)7-4-18(3)15-9(7)11(12,13)14/h4H,1-3H3,(H,17,19). The summed E-state index contributed by atoms with van der Waals surface area (Å²) in [5.74, 6) is -1.55. The Hall–Kier alpha value is -2.37. The average Bonchev–Trinajstić information content (AvgIpc) is 2.92. The number of hydrogen-bond donors (Lipinski definition) is 1. The van der Waals surface area contributed by atoms with Crippen molar-refractivity contribution in [2.75, 3.05) is 0 Å². The van der Waals surface area contributed by atoms with Gasteiger partial charge in [0.1, 0.15) is 5.69 Å². The fourth-order valence-corrected chi connectivity index (χ4v) is 3.25. The molecule has 2 heterocycles. The van der Waals surface area contributed by atoms with Gasteiger partial charge in [-0.1, -0.05) is 5.16 Å². The van der Waals surface area contributed by atoms with Crippen molar-refractivity contribution in [3.63, 3.8) is 0 Å². The molecule has 8 nitrogen and oxygen atoms in total. The Morgan fingerprint density at radius 2 is 1.96 bits per heavy atom. The zero-order valence-electron chi connectivity index (χ0n) is 12.1. The van der Waals surface area contributed by atoms with E-state index >= 15 is 0 Å². The van der Waals surface area contributed by atoms with E-state index in [1.807, 2.05) is 0 Å². The predicted octanol–water partition coefficient (Wildman–Crippen LogP) is 1.16. The van der Waals surface area contributed by atoms with Crippen molar-refractivity contribution in [3.05, 3.63) is 28.9 Å². The average molecular weight is 352 g/mol. The zero-order valence-corrected chi connectivity index (χ0v) is 12.9. The van der Waals surface area contributed by atoms with Gasteiger partial charge in [0.2, 0.25) is 0 Å². The van der Waals surface area contributed by atoms with Crippen LogP contribution < -0.4 is 4.72 Å². The number of aryl methyl sites for hydroxylation is 3. The van der Waals surface area contributed by atoms with Crippen LogP contribution in [-0.4, -0.2) is 29.3 Å². The molecule has 23 heavy (non-hydrogen) atoms. The summed E-state index contributed by atoms with van der Waals surface area (Å²) in [6.07, 6.45) is -4.12. The highest BCUT2D eigenvalue weighted by molar-refractivity contribution is 7.90. The van der Waals surface area contributed by atoms with Crippen LogP contribution in [-0.2, 0) is 23.2 Å². The maximum atomic E-state index is 12.8. The number of hydrogen-bond acceptors (Lipinski definition) is 6. The highest BCUT2D eigenvalue weighted by atomic mass is 32.2. The summed E-state index contributed by atoms with van der Waals surface area (Å²) in [6, 6.07) is 0. The van der Waals surface area contributed by atoms with Gasteiger partial charge < -0.3 is 4.52 Å². The van der Waals surface area contributed by atoms with Gasteiger partial charge >= 0.3 is 6.18 Å². The smallest absolute Gasteiger partial charge is 0.360 e. The number of sulfonamides is 1. The van der Waals surface area contributed by atoms with Crippen molar-refractivity contribution in [1.29, 1.82) is 0 Å². The molecule has 0 aliphatic carbocycles. The van der Waals surface area contributed by atoms with Crippen molar-refractivity contribution in [1.82, 2.24) is 19.7 Å². The maximum Gasteiger partial charge on any atom is 0.435 e. The molecule has 2 aromatic rings. The van der Waals surface area contributed by atoms with E-state index in [1.165, 1.54) is 20.9 Å². The SMILES string of the molecule is Cc1noc(C)c1S(=O)(=O)NC(=O)c1cn(C)nc1C(F)(F)F. The summed E-state index contributed by atoms with van der Waals surface area (Å²) in [4.78, 5) is 11.6. The molecular formula is C11H11F3N4O4S. The highest BCUT2D eigenvalue weighted by Gasteiger charge is 2.40. The second kappa shape index (κ2) is 5.37. The molecular weight excluding hydrogens is 341 g/mol. The Morgan fingerprint density at radius 3 is 2.43 bits per heavy atom. The van der Waals surface area contributed by atoms with Crippen LogP contribution in [0.25, 0.3) is 0 Å². The Kier molecular flexibility index (Phi) is 3.96. The molecule has 0 aliphatic heterocycles. The van der Waals surface area contributed by atoms with Crippen LogP contribution in [0.5, 0.6) is 0 Å². The fourth-order valence-electron chi connectivity index (χ4n) is 1.95. The largest absolute Gasteiger partial charge is 0.435 e. The number of aromatic nitrogens is 3. The van der Waals surface area contributed by atoms with Gasteiger partial charge in [-0.15, -0.1) is 0 Å². The molecule has 2 rings (SSSR count). The second-order valence-corrected chi connectivity index (χ2v) is 6.27. The number of alkyl halides is 3. The summed E-state index contributed by atoms with van der Waals surface area (Å²) >= 11 is 0. The van der Waals surface area contributed by atoms with Gasteiger partial charge in [-0.05, 0) is 13.8 Å². The fraction of sp³-hybridized carbons (Fsp3) is 0.364. The number of amides is 1. The van der Waals surface area contributed by atoms with E-state index in [2.05, 4.69) is 14.8 Å². The number of rotatable bonds is 3. The molecule has 0 aliphatic rings. The van der Waals surface area contributed by atoms with Crippen LogP contribution in [0, 0.1) is 13.8 Å². The van der Waals surface area contributed by atoms with Crippen LogP contribution in [0.15, 0.2) is 15.6 Å². The van der Waals surface area contributed by atoms with Crippen molar-refractivity contribution in [2.45, 2.75) is 24.9 Å². The first-order valence-electron chi connectivity index (χ1n) is 6.04. The van der Waals surface area contributed by atoms with Gasteiger partial charge in [-0.3, -0.25) is 9.48 Å². The Labute approximate surface area is 128 Å². The lowest BCUT2D eigenvalue weighted by molar-refractivity contribution is -0.141. The maximum absolute atomic E-state index is 12.8. The first-order chi connectivity index (χ1) is 10.4. The van der Waals surface area contributed by atoms with Crippen molar-refractivity contribution >= 4 is 15.9 Å². The molecule has 2 aromatic heterocycles. The molecule has 0 unspecified atom stereocenters. The van der Waals surface area contributed by atoms with E-state index in [1.54, 1.807) is 4.72 Å². The molecule has 0 saturated heterocycles. The third kappa shape index (κ3) is 3.21. The minimum atomic E-state index is -4.90. The lowest BCUT2D eigenvalue weighted by Crippen LogP contribution is -2.32. The number of carbonyl (C=O) groups excluding carboxylic acids is 1. The third-order valence-corrected chi connectivity index (χ3v) is 4.38. The van der Waals surface area contributed by atoms with Gasteiger partial charge in [0.15, 0.2) is 16.3 Å². The topological polar surface area (TPSA) is 107 Å². The van der Waals surface area contributed by atoms with Crippen molar-refractivity contribution in [2.24, 2.45) is 7.05 Å². The van der Waals surface area contributed by atoms with Crippen LogP contribution in [0.1, 0.15) is 27.5 Å². The van der Waals surface area contributed by atoms with Crippen LogP contribution in [0.4, 0.5) is 13.2 Å².